The predicted molar refractivity (Wildman–Crippen MR) is 72.3 cm³/mol. The molecular weight excluding hydrogens is 220 g/mol. The molecule has 0 bridgehead atoms. The first kappa shape index (κ1) is 15.4. The van der Waals surface area contributed by atoms with E-state index >= 15 is 0 Å². The summed E-state index contributed by atoms with van der Waals surface area (Å²) in [6.07, 6.45) is 1.43. The molecule has 0 rings (SSSR count). The summed E-state index contributed by atoms with van der Waals surface area (Å²) < 4.78 is 0. The summed E-state index contributed by atoms with van der Waals surface area (Å²) in [6.45, 7) is 10.6. The predicted octanol–water partition coefficient (Wildman–Crippen LogP) is 2.34. The highest BCUT2D eigenvalue weighted by Crippen LogP contribution is 2.24. The van der Waals surface area contributed by atoms with Gasteiger partial charge in [-0.25, -0.2) is 0 Å². The highest BCUT2D eigenvalue weighted by molar-refractivity contribution is 7.80. The molecule has 0 fully saturated rings. The first-order valence-electron chi connectivity index (χ1n) is 5.81. The van der Waals surface area contributed by atoms with Crippen LogP contribution in [0.5, 0.6) is 0 Å². The van der Waals surface area contributed by atoms with Crippen molar-refractivity contribution >= 4 is 23.1 Å². The Morgan fingerprint density at radius 2 is 1.94 bits per heavy atom. The molecule has 0 radical (unpaired) electrons. The summed E-state index contributed by atoms with van der Waals surface area (Å²) in [5.74, 6) is 0.182. The van der Waals surface area contributed by atoms with E-state index in [-0.39, 0.29) is 17.4 Å². The van der Waals surface area contributed by atoms with Gasteiger partial charge in [-0.2, -0.15) is 0 Å². The van der Waals surface area contributed by atoms with Crippen LogP contribution in [0.3, 0.4) is 0 Å². The number of hydrogen-bond acceptors (Lipinski definition) is 2. The normalized spacial score (nSPS) is 11.6. The van der Waals surface area contributed by atoms with Crippen LogP contribution in [0.4, 0.5) is 0 Å². The van der Waals surface area contributed by atoms with Crippen molar-refractivity contribution in [1.82, 2.24) is 4.90 Å². The molecule has 0 unspecified atom stereocenters. The van der Waals surface area contributed by atoms with Crippen molar-refractivity contribution in [3.8, 4) is 0 Å². The van der Waals surface area contributed by atoms with E-state index in [1.165, 1.54) is 0 Å². The molecule has 3 nitrogen and oxygen atoms in total. The number of carbonyl (C=O) groups excluding carboxylic acids is 1. The number of amides is 1. The molecule has 1 amide bonds. The lowest BCUT2D eigenvalue weighted by atomic mass is 9.88. The zero-order valence-electron chi connectivity index (χ0n) is 11.0. The van der Waals surface area contributed by atoms with E-state index in [0.717, 1.165) is 6.42 Å². The first-order chi connectivity index (χ1) is 7.22. The lowest BCUT2D eigenvalue weighted by Crippen LogP contribution is -2.45. The zero-order chi connectivity index (χ0) is 12.9. The van der Waals surface area contributed by atoms with Crippen LogP contribution in [-0.2, 0) is 4.79 Å². The van der Waals surface area contributed by atoms with Gasteiger partial charge in [0.1, 0.15) is 0 Å². The summed E-state index contributed by atoms with van der Waals surface area (Å²) in [5, 5.41) is 0. The average Bonchev–Trinajstić information content (AvgIpc) is 2.16. The molecule has 0 aliphatic carbocycles. The Balaban J connectivity index is 4.66. The monoisotopic (exact) mass is 244 g/mol. The largest absolute Gasteiger partial charge is 0.393 e. The van der Waals surface area contributed by atoms with E-state index in [0.29, 0.717) is 18.0 Å². The molecule has 4 heteroatoms. The van der Waals surface area contributed by atoms with Crippen molar-refractivity contribution in [2.45, 2.75) is 53.5 Å². The van der Waals surface area contributed by atoms with Crippen LogP contribution in [0.2, 0.25) is 0 Å². The average molecular weight is 244 g/mol. The Bertz CT molecular complexity index is 262. The second kappa shape index (κ2) is 6.18. The number of rotatable bonds is 6. The summed E-state index contributed by atoms with van der Waals surface area (Å²) in [5.41, 5.74) is 5.17. The number of nitrogens with zero attached hydrogens (tertiary/aromatic N) is 1. The van der Waals surface area contributed by atoms with Crippen molar-refractivity contribution in [2.75, 3.05) is 6.54 Å². The van der Waals surface area contributed by atoms with Gasteiger partial charge in [-0.15, -0.1) is 0 Å². The van der Waals surface area contributed by atoms with Crippen LogP contribution in [0.15, 0.2) is 0 Å². The number of carbonyl (C=O) groups is 1. The van der Waals surface area contributed by atoms with E-state index in [1.54, 1.807) is 0 Å². The second-order valence-corrected chi connectivity index (χ2v) is 5.57. The van der Waals surface area contributed by atoms with Crippen LogP contribution >= 0.6 is 12.2 Å². The number of hydrogen-bond donors (Lipinski definition) is 1. The van der Waals surface area contributed by atoms with Gasteiger partial charge in [0.2, 0.25) is 5.91 Å². The summed E-state index contributed by atoms with van der Waals surface area (Å²) in [7, 11) is 0. The lowest BCUT2D eigenvalue weighted by molar-refractivity contribution is -0.142. The summed E-state index contributed by atoms with van der Waals surface area (Å²) >= 11 is 4.85. The lowest BCUT2D eigenvalue weighted by Gasteiger charge is -2.34. The molecule has 16 heavy (non-hydrogen) atoms. The van der Waals surface area contributed by atoms with Crippen molar-refractivity contribution in [1.29, 1.82) is 0 Å². The molecule has 0 aromatic rings. The Morgan fingerprint density at radius 3 is 2.25 bits per heavy atom. The fraction of sp³-hybridized carbons (Fsp3) is 0.833. The van der Waals surface area contributed by atoms with Gasteiger partial charge in [-0.1, -0.05) is 33.0 Å². The van der Waals surface area contributed by atoms with Gasteiger partial charge in [0.15, 0.2) is 0 Å². The van der Waals surface area contributed by atoms with E-state index in [1.807, 2.05) is 39.5 Å². The third-order valence-electron chi connectivity index (χ3n) is 2.95. The molecule has 94 valence electrons. The van der Waals surface area contributed by atoms with Crippen LogP contribution in [0.25, 0.3) is 0 Å². The molecule has 0 aliphatic heterocycles. The summed E-state index contributed by atoms with van der Waals surface area (Å²) in [4.78, 5) is 14.6. The third kappa shape index (κ3) is 4.47. The zero-order valence-corrected chi connectivity index (χ0v) is 11.9. The smallest absolute Gasteiger partial charge is 0.228 e. The van der Waals surface area contributed by atoms with Gasteiger partial charge in [0.25, 0.3) is 0 Å². The maximum Gasteiger partial charge on any atom is 0.228 e. The van der Waals surface area contributed by atoms with Gasteiger partial charge in [0.05, 0.1) is 4.99 Å². The highest BCUT2D eigenvalue weighted by Gasteiger charge is 2.31. The quantitative estimate of drug-likeness (QED) is 0.729. The Labute approximate surface area is 104 Å². The molecule has 0 spiro atoms. The molecule has 0 saturated carbocycles. The van der Waals surface area contributed by atoms with Crippen LogP contribution in [-0.4, -0.2) is 28.4 Å². The third-order valence-corrected chi connectivity index (χ3v) is 3.15. The van der Waals surface area contributed by atoms with Gasteiger partial charge in [0, 0.05) is 24.4 Å². The van der Waals surface area contributed by atoms with Crippen LogP contribution in [0, 0.1) is 5.41 Å². The van der Waals surface area contributed by atoms with Crippen molar-refractivity contribution in [3.05, 3.63) is 0 Å². The van der Waals surface area contributed by atoms with Crippen molar-refractivity contribution in [3.63, 3.8) is 0 Å². The van der Waals surface area contributed by atoms with Gasteiger partial charge < -0.3 is 10.6 Å². The van der Waals surface area contributed by atoms with Gasteiger partial charge in [-0.05, 0) is 20.3 Å². The van der Waals surface area contributed by atoms with Gasteiger partial charge in [-0.3, -0.25) is 4.79 Å². The Kier molecular flexibility index (Phi) is 5.94. The van der Waals surface area contributed by atoms with E-state index in [9.17, 15) is 4.79 Å². The maximum atomic E-state index is 12.3. The molecular formula is C12H24N2OS. The standard InChI is InChI=1S/C12H24N2OS/c1-6-12(4,5)11(15)14(9(2)3)8-7-10(13)16/h9H,6-8H2,1-5H3,(H2,13,16). The van der Waals surface area contributed by atoms with E-state index < -0.39 is 0 Å². The maximum absolute atomic E-state index is 12.3. The van der Waals surface area contributed by atoms with Crippen LogP contribution in [0.1, 0.15) is 47.5 Å². The minimum absolute atomic E-state index is 0.182. The summed E-state index contributed by atoms with van der Waals surface area (Å²) in [6, 6.07) is 0.188. The molecule has 0 saturated heterocycles. The molecule has 0 heterocycles. The number of thiocarbonyl (C=S) groups is 1. The fourth-order valence-electron chi connectivity index (χ4n) is 1.36. The molecule has 0 atom stereocenters. The Hall–Kier alpha value is -0.640. The molecule has 0 aromatic heterocycles. The highest BCUT2D eigenvalue weighted by atomic mass is 32.1. The van der Waals surface area contributed by atoms with Crippen molar-refractivity contribution < 1.29 is 4.79 Å². The topological polar surface area (TPSA) is 46.3 Å². The van der Waals surface area contributed by atoms with Crippen LogP contribution < -0.4 is 5.73 Å². The minimum atomic E-state index is -0.305. The first-order valence-corrected chi connectivity index (χ1v) is 6.22. The molecule has 0 aliphatic rings. The molecule has 2 N–H and O–H groups in total. The second-order valence-electron chi connectivity index (χ2n) is 5.05. The fourth-order valence-corrected chi connectivity index (χ4v) is 1.46. The number of nitrogens with two attached hydrogens (primary N) is 1. The van der Waals surface area contributed by atoms with Gasteiger partial charge >= 0.3 is 0 Å². The minimum Gasteiger partial charge on any atom is -0.393 e. The van der Waals surface area contributed by atoms with E-state index in [4.69, 9.17) is 18.0 Å². The SMILES string of the molecule is CCC(C)(C)C(=O)N(CCC(N)=S)C(C)C. The van der Waals surface area contributed by atoms with Crippen molar-refractivity contribution in [2.24, 2.45) is 11.1 Å². The van der Waals surface area contributed by atoms with E-state index in [2.05, 4.69) is 0 Å². The Morgan fingerprint density at radius 1 is 1.44 bits per heavy atom. The molecule has 0 aromatic carbocycles.